The third kappa shape index (κ3) is 50.2. The van der Waals surface area contributed by atoms with E-state index in [9.17, 15) is 0 Å². The second-order valence-electron chi connectivity index (χ2n) is 4.63. The molecule has 0 aromatic carbocycles. The van der Waals surface area contributed by atoms with Crippen LogP contribution in [0.15, 0.2) is 0 Å². The second-order valence-corrected chi connectivity index (χ2v) is 6.53. The Morgan fingerprint density at radius 1 is 0.800 bits per heavy atom. The van der Waals surface area contributed by atoms with E-state index in [1.165, 1.54) is 95.8 Å². The van der Waals surface area contributed by atoms with Gasteiger partial charge in [0.25, 0.3) is 0 Å². The van der Waals surface area contributed by atoms with Gasteiger partial charge in [-0.3, -0.25) is 9.11 Å². The van der Waals surface area contributed by atoms with Crippen molar-refractivity contribution in [3.63, 3.8) is 0 Å². The monoisotopic (exact) mass is 330 g/mol. The van der Waals surface area contributed by atoms with E-state index in [1.807, 2.05) is 0 Å². The molecule has 0 atom stereocenters. The molecule has 8 heteroatoms. The molecule has 0 aliphatic heterocycles. The van der Waals surface area contributed by atoms with Crippen LogP contribution in [0.1, 0.15) is 71.1 Å². The van der Waals surface area contributed by atoms with Gasteiger partial charge in [0.1, 0.15) is 0 Å². The van der Waals surface area contributed by atoms with Crippen LogP contribution >= 0.6 is 0 Å². The predicted octanol–water partition coefficient (Wildman–Crippen LogP) is 0.669. The van der Waals surface area contributed by atoms with Crippen LogP contribution in [0, 0.1) is 0 Å². The van der Waals surface area contributed by atoms with Crippen molar-refractivity contribution in [1.29, 1.82) is 0 Å². The quantitative estimate of drug-likeness (QED) is 0.348. The molecule has 114 valence electrons. The van der Waals surface area contributed by atoms with Crippen LogP contribution in [0.3, 0.4) is 0 Å². The first-order valence-corrected chi connectivity index (χ1v) is 9.92. The Labute approximate surface area is 164 Å². The van der Waals surface area contributed by atoms with Crippen LogP contribution in [0.25, 0.3) is 0 Å². The summed E-state index contributed by atoms with van der Waals surface area (Å²) in [7, 11) is -4.67. The smallest absolute Gasteiger partial charge is 0.870 e. The minimum atomic E-state index is -4.67. The Balaban J connectivity index is -0.000000158. The van der Waals surface area contributed by atoms with Crippen molar-refractivity contribution in [1.82, 2.24) is 0 Å². The molecule has 0 saturated heterocycles. The van der Waals surface area contributed by atoms with Gasteiger partial charge >= 0.3 is 143 Å². The van der Waals surface area contributed by atoms with E-state index in [2.05, 4.69) is 6.92 Å². The molecule has 0 fully saturated rings. The zero-order valence-electron chi connectivity index (χ0n) is 13.3. The average molecular weight is 330 g/mol. The van der Waals surface area contributed by atoms with Gasteiger partial charge in [-0.2, -0.15) is 8.42 Å². The number of hydrogen-bond donors (Lipinski definition) is 2. The van der Waals surface area contributed by atoms with E-state index in [1.54, 1.807) is 0 Å². The molecule has 0 amide bonds. The molecule has 0 saturated carbocycles. The summed E-state index contributed by atoms with van der Waals surface area (Å²) in [6, 6.07) is 0. The van der Waals surface area contributed by atoms with Gasteiger partial charge in [-0.25, -0.2) is 0 Å². The first-order valence-electron chi connectivity index (χ1n) is 7.11. The molecule has 20 heavy (non-hydrogen) atoms. The fourth-order valence-corrected chi connectivity index (χ4v) is 2.24. The summed E-state index contributed by atoms with van der Waals surface area (Å²) < 4.78 is 33.1. The molecule has 0 aromatic rings. The molecule has 0 aliphatic carbocycles. The summed E-state index contributed by atoms with van der Waals surface area (Å²) in [4.78, 5) is 0. The van der Waals surface area contributed by atoms with Gasteiger partial charge in [-0.15, -0.1) is 0 Å². The molecule has 0 heterocycles. The van der Waals surface area contributed by atoms with Crippen LogP contribution in [-0.4, -0.2) is 50.9 Å². The fourth-order valence-electron chi connectivity index (χ4n) is 1.74. The zero-order valence-corrected chi connectivity index (χ0v) is 18.2. The van der Waals surface area contributed by atoms with E-state index >= 15 is 0 Å². The normalized spacial score (nSPS) is 9.85. The first-order chi connectivity index (χ1) is 8.41. The minimum Gasteiger partial charge on any atom is -0.870 e. The van der Waals surface area contributed by atoms with E-state index < -0.39 is 10.4 Å². The largest absolute Gasteiger partial charge is 1.00 e. The van der Waals surface area contributed by atoms with Crippen molar-refractivity contribution in [3.8, 4) is 0 Å². The molecule has 0 radical (unpaired) electrons. The summed E-state index contributed by atoms with van der Waals surface area (Å²) >= 11 is 1.41. The fraction of sp³-hybridized carbons (Fsp3) is 1.00. The average Bonchev–Trinajstić information content (AvgIpc) is 2.25. The Kier molecular flexibility index (Phi) is 34.4. The number of unbranched alkanes of at least 4 members (excludes halogenated alkanes) is 9. The van der Waals surface area contributed by atoms with Crippen LogP contribution in [0.2, 0.25) is 3.67 Å². The van der Waals surface area contributed by atoms with E-state index in [4.69, 9.17) is 17.5 Å². The van der Waals surface area contributed by atoms with Crippen LogP contribution in [0.4, 0.5) is 0 Å². The van der Waals surface area contributed by atoms with E-state index in [0.717, 1.165) is 0 Å². The van der Waals surface area contributed by atoms with Crippen LogP contribution < -0.4 is 29.6 Å². The van der Waals surface area contributed by atoms with Gasteiger partial charge in [0, 0.05) is 0 Å². The topological polar surface area (TPSA) is 105 Å². The van der Waals surface area contributed by atoms with Crippen LogP contribution in [0.5, 0.6) is 0 Å². The molecule has 0 spiro atoms. The van der Waals surface area contributed by atoms with Crippen molar-refractivity contribution in [2.45, 2.75) is 74.8 Å². The molecular weight excluding hydrogens is 302 g/mol. The Morgan fingerprint density at radius 2 is 1.05 bits per heavy atom. The van der Waals surface area contributed by atoms with E-state index in [0.29, 0.717) is 0 Å². The minimum absolute atomic E-state index is 0. The summed E-state index contributed by atoms with van der Waals surface area (Å²) in [6.07, 6.45) is 14.7. The van der Waals surface area contributed by atoms with E-state index in [-0.39, 0.29) is 35.0 Å². The van der Waals surface area contributed by atoms with Gasteiger partial charge in [0.15, 0.2) is 0 Å². The van der Waals surface area contributed by atoms with Gasteiger partial charge in [-0.1, -0.05) is 0 Å². The van der Waals surface area contributed by atoms with Crippen molar-refractivity contribution in [3.05, 3.63) is 0 Å². The van der Waals surface area contributed by atoms with Crippen molar-refractivity contribution in [2.75, 3.05) is 0 Å². The molecule has 0 aliphatic rings. The summed E-state index contributed by atoms with van der Waals surface area (Å²) in [5.74, 6) is 0. The van der Waals surface area contributed by atoms with Crippen molar-refractivity contribution in [2.24, 2.45) is 0 Å². The summed E-state index contributed by atoms with van der Waals surface area (Å²) in [5, 5.41) is 0. The molecular formula is C12H28Na2O5S. The maximum Gasteiger partial charge on any atom is 1.00 e. The maximum atomic E-state index is 8.74. The molecule has 0 unspecified atom stereocenters. The Hall–Kier alpha value is 1.83. The van der Waals surface area contributed by atoms with Gasteiger partial charge in [-0.05, 0) is 0 Å². The number of hydrogen-bond acceptors (Lipinski definition) is 3. The van der Waals surface area contributed by atoms with Crippen molar-refractivity contribution < 1.29 is 52.6 Å². The van der Waals surface area contributed by atoms with Gasteiger partial charge in [0.2, 0.25) is 0 Å². The van der Waals surface area contributed by atoms with Gasteiger partial charge < -0.3 is 5.48 Å². The molecule has 0 rings (SSSR count). The Morgan fingerprint density at radius 3 is 1.30 bits per heavy atom. The maximum absolute atomic E-state index is 8.74. The SMILES string of the molecule is CCCCCCCCCCC[CH2][Na].O=S(=O)(O)O.[Na+].[OH-]. The first kappa shape index (κ1) is 29.8. The number of rotatable bonds is 10. The standard InChI is InChI=1S/C12H25.2Na.H2O4S.H2O/c1-3-5-7-9-11-12-10-8-6-4-2;;;1-5(2,3)4;/h1,3-12H2,2H3;;;(H2,1,2,3,4);1H2/q;;+1;;/p-1. The molecule has 5 nitrogen and oxygen atoms in total. The third-order valence-electron chi connectivity index (χ3n) is 2.71. The van der Waals surface area contributed by atoms with Gasteiger partial charge in [0.05, 0.1) is 0 Å². The van der Waals surface area contributed by atoms with Crippen LogP contribution in [-0.2, 0) is 10.4 Å². The predicted molar refractivity (Wildman–Crippen MR) is 78.5 cm³/mol. The van der Waals surface area contributed by atoms with Crippen molar-refractivity contribution >= 4 is 38.3 Å². The second kappa shape index (κ2) is 23.1. The molecule has 0 aromatic heterocycles. The molecule has 0 bridgehead atoms. The third-order valence-corrected chi connectivity index (χ3v) is 3.41. The summed E-state index contributed by atoms with van der Waals surface area (Å²) in [6.45, 7) is 2.29. The molecule has 3 N–H and O–H groups in total. The zero-order chi connectivity index (χ0) is 14.3. The summed E-state index contributed by atoms with van der Waals surface area (Å²) in [5.41, 5.74) is 0. The Bertz CT molecular complexity index is 230.